The van der Waals surface area contributed by atoms with Gasteiger partial charge in [0.1, 0.15) is 5.75 Å². The molecule has 0 heterocycles. The van der Waals surface area contributed by atoms with Gasteiger partial charge in [-0.1, -0.05) is 0 Å². The highest BCUT2D eigenvalue weighted by Crippen LogP contribution is 2.34. The van der Waals surface area contributed by atoms with Crippen LogP contribution in [0.3, 0.4) is 0 Å². The molecule has 6 nitrogen and oxygen atoms in total. The molecular weight excluding hydrogens is 302 g/mol. The molecule has 22 heavy (non-hydrogen) atoms. The summed E-state index contributed by atoms with van der Waals surface area (Å²) in [4.78, 5) is 0.0844. The van der Waals surface area contributed by atoms with Gasteiger partial charge in [-0.05, 0) is 61.7 Å². The quantitative estimate of drug-likeness (QED) is 0.511. The Labute approximate surface area is 129 Å². The number of benzene rings is 2. The van der Waals surface area contributed by atoms with Gasteiger partial charge >= 0.3 is 0 Å². The summed E-state index contributed by atoms with van der Waals surface area (Å²) in [6.07, 6.45) is 0. The third kappa shape index (κ3) is 2.67. The lowest BCUT2D eigenvalue weighted by atomic mass is 10.0. The Hall–Kier alpha value is -2.41. The summed E-state index contributed by atoms with van der Waals surface area (Å²) in [5.41, 5.74) is 14.6. The molecular formula is C15H19N3O3S. The van der Waals surface area contributed by atoms with E-state index in [1.807, 2.05) is 0 Å². The average Bonchev–Trinajstić information content (AvgIpc) is 2.45. The SMILES string of the molecule is Cc1c(N)c(C)c(S(=O)(=O)Nc2ccc(O)cc2)c(C)c1N. The topological polar surface area (TPSA) is 118 Å². The van der Waals surface area contributed by atoms with Gasteiger partial charge in [0.05, 0.1) is 4.90 Å². The van der Waals surface area contributed by atoms with Crippen molar-refractivity contribution < 1.29 is 13.5 Å². The number of anilines is 3. The van der Waals surface area contributed by atoms with E-state index in [0.29, 0.717) is 33.8 Å². The van der Waals surface area contributed by atoms with Crippen molar-refractivity contribution >= 4 is 27.1 Å². The number of phenolic OH excluding ortho intramolecular Hbond substituents is 1. The number of nitrogens with two attached hydrogens (primary N) is 2. The lowest BCUT2D eigenvalue weighted by molar-refractivity contribution is 0.475. The third-order valence-electron chi connectivity index (χ3n) is 3.69. The van der Waals surface area contributed by atoms with Crippen molar-refractivity contribution in [2.24, 2.45) is 0 Å². The number of hydrogen-bond donors (Lipinski definition) is 4. The molecule has 2 rings (SSSR count). The van der Waals surface area contributed by atoms with Crippen LogP contribution in [0.25, 0.3) is 0 Å². The van der Waals surface area contributed by atoms with E-state index < -0.39 is 10.0 Å². The molecule has 0 saturated carbocycles. The van der Waals surface area contributed by atoms with Gasteiger partial charge < -0.3 is 16.6 Å². The first-order valence-electron chi connectivity index (χ1n) is 6.61. The Kier molecular flexibility index (Phi) is 3.93. The molecule has 7 heteroatoms. The van der Waals surface area contributed by atoms with Gasteiger partial charge in [0.2, 0.25) is 0 Å². The standard InChI is InChI=1S/C15H19N3O3S/c1-8-13(16)9(2)15(10(3)14(8)17)22(20,21)18-11-4-6-12(19)7-5-11/h4-7,18-19H,16-17H2,1-3H3. The molecule has 0 saturated heterocycles. The molecule has 2 aromatic carbocycles. The van der Waals surface area contributed by atoms with Crippen LogP contribution in [-0.2, 0) is 10.0 Å². The summed E-state index contributed by atoms with van der Waals surface area (Å²) in [5.74, 6) is 0.0548. The molecule has 0 aromatic heterocycles. The normalized spacial score (nSPS) is 11.4. The van der Waals surface area contributed by atoms with E-state index >= 15 is 0 Å². The molecule has 6 N–H and O–H groups in total. The van der Waals surface area contributed by atoms with E-state index in [0.717, 1.165) is 0 Å². The van der Waals surface area contributed by atoms with Crippen molar-refractivity contribution in [3.05, 3.63) is 41.0 Å². The number of sulfonamides is 1. The zero-order valence-electron chi connectivity index (χ0n) is 12.6. The minimum atomic E-state index is -3.84. The lowest BCUT2D eigenvalue weighted by Crippen LogP contribution is -2.18. The zero-order chi connectivity index (χ0) is 16.7. The Bertz CT molecular complexity index is 799. The van der Waals surface area contributed by atoms with Crippen LogP contribution in [0, 0.1) is 20.8 Å². The highest BCUT2D eigenvalue weighted by Gasteiger charge is 2.24. The predicted molar refractivity (Wildman–Crippen MR) is 88.4 cm³/mol. The van der Waals surface area contributed by atoms with Gasteiger partial charge in [-0.3, -0.25) is 4.72 Å². The van der Waals surface area contributed by atoms with Crippen LogP contribution >= 0.6 is 0 Å². The van der Waals surface area contributed by atoms with Crippen molar-refractivity contribution in [2.75, 3.05) is 16.2 Å². The Balaban J connectivity index is 2.57. The van der Waals surface area contributed by atoms with Crippen molar-refractivity contribution in [3.8, 4) is 5.75 Å². The van der Waals surface area contributed by atoms with Crippen molar-refractivity contribution in [1.82, 2.24) is 0 Å². The number of aromatic hydroxyl groups is 1. The van der Waals surface area contributed by atoms with Gasteiger partial charge in [0.25, 0.3) is 10.0 Å². The Morgan fingerprint density at radius 1 is 0.909 bits per heavy atom. The highest BCUT2D eigenvalue weighted by atomic mass is 32.2. The molecule has 2 aromatic rings. The summed E-state index contributed by atoms with van der Waals surface area (Å²) in [6.45, 7) is 5.06. The Morgan fingerprint density at radius 3 is 1.82 bits per heavy atom. The van der Waals surface area contributed by atoms with Crippen LogP contribution in [0.5, 0.6) is 5.75 Å². The number of phenols is 1. The summed E-state index contributed by atoms with van der Waals surface area (Å²) in [7, 11) is -3.84. The van der Waals surface area contributed by atoms with Gasteiger partial charge in [-0.25, -0.2) is 8.42 Å². The summed E-state index contributed by atoms with van der Waals surface area (Å²) in [6, 6.07) is 5.74. The van der Waals surface area contributed by atoms with Crippen LogP contribution in [-0.4, -0.2) is 13.5 Å². The zero-order valence-corrected chi connectivity index (χ0v) is 13.5. The maximum Gasteiger partial charge on any atom is 0.262 e. The van der Waals surface area contributed by atoms with E-state index in [4.69, 9.17) is 11.5 Å². The van der Waals surface area contributed by atoms with Gasteiger partial charge in [-0.2, -0.15) is 0 Å². The number of hydrogen-bond acceptors (Lipinski definition) is 5. The fraction of sp³-hybridized carbons (Fsp3) is 0.200. The van der Waals surface area contributed by atoms with Crippen LogP contribution in [0.1, 0.15) is 16.7 Å². The second-order valence-corrected chi connectivity index (χ2v) is 6.80. The van der Waals surface area contributed by atoms with E-state index in [-0.39, 0.29) is 10.6 Å². The first kappa shape index (κ1) is 16.0. The molecule has 0 spiro atoms. The maximum absolute atomic E-state index is 12.7. The molecule has 0 radical (unpaired) electrons. The maximum atomic E-state index is 12.7. The number of nitrogens with one attached hydrogen (secondary N) is 1. The fourth-order valence-corrected chi connectivity index (χ4v) is 3.95. The van der Waals surface area contributed by atoms with Crippen LogP contribution < -0.4 is 16.2 Å². The third-order valence-corrected chi connectivity index (χ3v) is 5.34. The Morgan fingerprint density at radius 2 is 1.36 bits per heavy atom. The predicted octanol–water partition coefficient (Wildman–Crippen LogP) is 2.28. The van der Waals surface area contributed by atoms with Crippen molar-refractivity contribution in [3.63, 3.8) is 0 Å². The van der Waals surface area contributed by atoms with Crippen molar-refractivity contribution in [2.45, 2.75) is 25.7 Å². The second kappa shape index (κ2) is 5.42. The highest BCUT2D eigenvalue weighted by molar-refractivity contribution is 7.92. The number of rotatable bonds is 3. The largest absolute Gasteiger partial charge is 0.508 e. The van der Waals surface area contributed by atoms with E-state index in [1.54, 1.807) is 20.8 Å². The molecule has 0 amide bonds. The van der Waals surface area contributed by atoms with Crippen molar-refractivity contribution in [1.29, 1.82) is 0 Å². The second-order valence-electron chi connectivity index (χ2n) is 5.18. The van der Waals surface area contributed by atoms with Gasteiger partial charge in [-0.15, -0.1) is 0 Å². The minimum absolute atomic E-state index is 0.0548. The summed E-state index contributed by atoms with van der Waals surface area (Å²) < 4.78 is 27.8. The van der Waals surface area contributed by atoms with E-state index in [2.05, 4.69) is 4.72 Å². The summed E-state index contributed by atoms with van der Waals surface area (Å²) in [5, 5.41) is 9.25. The smallest absolute Gasteiger partial charge is 0.262 e. The van der Waals surface area contributed by atoms with Crippen LogP contribution in [0.4, 0.5) is 17.1 Å². The molecule has 0 fully saturated rings. The molecule has 0 aliphatic carbocycles. The first-order valence-corrected chi connectivity index (χ1v) is 8.10. The fourth-order valence-electron chi connectivity index (χ4n) is 2.37. The van der Waals surface area contributed by atoms with Crippen LogP contribution in [0.15, 0.2) is 29.2 Å². The molecule has 0 atom stereocenters. The first-order chi connectivity index (χ1) is 10.1. The lowest BCUT2D eigenvalue weighted by Gasteiger charge is -2.18. The monoisotopic (exact) mass is 321 g/mol. The van der Waals surface area contributed by atoms with Gasteiger partial charge in [0, 0.05) is 17.1 Å². The molecule has 0 aliphatic rings. The molecule has 0 aliphatic heterocycles. The number of nitrogen functional groups attached to an aromatic ring is 2. The molecule has 0 bridgehead atoms. The van der Waals surface area contributed by atoms with E-state index in [1.165, 1.54) is 24.3 Å². The van der Waals surface area contributed by atoms with Gasteiger partial charge in [0.15, 0.2) is 0 Å². The minimum Gasteiger partial charge on any atom is -0.508 e. The molecule has 0 unspecified atom stereocenters. The summed E-state index contributed by atoms with van der Waals surface area (Å²) >= 11 is 0. The molecule has 118 valence electrons. The van der Waals surface area contributed by atoms with Crippen LogP contribution in [0.2, 0.25) is 0 Å². The van der Waals surface area contributed by atoms with E-state index in [9.17, 15) is 13.5 Å². The average molecular weight is 321 g/mol.